The molecule has 7 nitrogen and oxygen atoms in total. The van der Waals surface area contributed by atoms with Crippen LogP contribution in [0.3, 0.4) is 0 Å². The van der Waals surface area contributed by atoms with Gasteiger partial charge in [-0.1, -0.05) is 12.1 Å². The highest BCUT2D eigenvalue weighted by atomic mass is 19.4. The second-order valence-electron chi connectivity index (χ2n) is 5.49. The first kappa shape index (κ1) is 19.7. The SMILES string of the molecule is CCc1noc(CCCC(=O)NCc2ccnc(OCC(F)(F)F)c2)n1. The summed E-state index contributed by atoms with van der Waals surface area (Å²) >= 11 is 0. The largest absolute Gasteiger partial charge is 0.468 e. The van der Waals surface area contributed by atoms with Crippen molar-refractivity contribution < 1.29 is 27.2 Å². The molecule has 0 saturated carbocycles. The Morgan fingerprint density at radius 3 is 2.88 bits per heavy atom. The monoisotopic (exact) mass is 372 g/mol. The van der Waals surface area contributed by atoms with Crippen LogP contribution in [-0.4, -0.2) is 33.8 Å². The number of aryl methyl sites for hydroxylation is 2. The lowest BCUT2D eigenvalue weighted by atomic mass is 10.2. The van der Waals surface area contributed by atoms with Gasteiger partial charge in [-0.05, 0) is 18.1 Å². The van der Waals surface area contributed by atoms with Crippen LogP contribution in [0.25, 0.3) is 0 Å². The van der Waals surface area contributed by atoms with Crippen molar-refractivity contribution in [1.82, 2.24) is 20.4 Å². The van der Waals surface area contributed by atoms with E-state index in [1.54, 1.807) is 6.07 Å². The first-order chi connectivity index (χ1) is 12.4. The van der Waals surface area contributed by atoms with Crippen LogP contribution < -0.4 is 10.1 Å². The molecule has 0 spiro atoms. The van der Waals surface area contributed by atoms with Crippen LogP contribution in [0.2, 0.25) is 0 Å². The molecule has 0 radical (unpaired) electrons. The summed E-state index contributed by atoms with van der Waals surface area (Å²) in [6, 6.07) is 2.95. The summed E-state index contributed by atoms with van der Waals surface area (Å²) in [5.41, 5.74) is 0.593. The molecule has 0 unspecified atom stereocenters. The molecule has 0 bridgehead atoms. The van der Waals surface area contributed by atoms with Crippen LogP contribution >= 0.6 is 0 Å². The second kappa shape index (κ2) is 9.16. The van der Waals surface area contributed by atoms with E-state index in [-0.39, 0.29) is 24.8 Å². The molecule has 2 aromatic heterocycles. The number of aromatic nitrogens is 3. The molecule has 0 atom stereocenters. The maximum atomic E-state index is 12.1. The van der Waals surface area contributed by atoms with Gasteiger partial charge >= 0.3 is 6.18 Å². The number of ether oxygens (including phenoxy) is 1. The van der Waals surface area contributed by atoms with Crippen LogP contribution in [0.15, 0.2) is 22.9 Å². The zero-order valence-corrected chi connectivity index (χ0v) is 14.2. The molecule has 2 aromatic rings. The number of amides is 1. The fourth-order valence-corrected chi connectivity index (χ4v) is 2.02. The van der Waals surface area contributed by atoms with Crippen LogP contribution in [0.1, 0.15) is 37.0 Å². The molecule has 10 heteroatoms. The number of halogens is 3. The van der Waals surface area contributed by atoms with E-state index in [9.17, 15) is 18.0 Å². The van der Waals surface area contributed by atoms with Gasteiger partial charge in [0.1, 0.15) is 0 Å². The number of hydrogen-bond donors (Lipinski definition) is 1. The van der Waals surface area contributed by atoms with Gasteiger partial charge in [0, 0.05) is 38.1 Å². The Labute approximate surface area is 147 Å². The van der Waals surface area contributed by atoms with Crippen LogP contribution in [-0.2, 0) is 24.2 Å². The van der Waals surface area contributed by atoms with Gasteiger partial charge in [0.2, 0.25) is 17.7 Å². The third kappa shape index (κ3) is 7.08. The molecule has 142 valence electrons. The lowest BCUT2D eigenvalue weighted by Gasteiger charge is -2.09. The van der Waals surface area contributed by atoms with E-state index in [0.29, 0.717) is 36.5 Å². The Morgan fingerprint density at radius 2 is 2.19 bits per heavy atom. The highest BCUT2D eigenvalue weighted by Crippen LogP contribution is 2.17. The molecule has 1 amide bonds. The van der Waals surface area contributed by atoms with Crippen molar-refractivity contribution in [3.05, 3.63) is 35.6 Å². The predicted molar refractivity (Wildman–Crippen MR) is 84.2 cm³/mol. The van der Waals surface area contributed by atoms with Crippen molar-refractivity contribution in [2.45, 2.75) is 45.3 Å². The number of nitrogens with one attached hydrogen (secondary N) is 1. The smallest absolute Gasteiger partial charge is 0.422 e. The molecule has 1 N–H and O–H groups in total. The minimum absolute atomic E-state index is 0.141. The van der Waals surface area contributed by atoms with Gasteiger partial charge in [-0.15, -0.1) is 0 Å². The lowest BCUT2D eigenvalue weighted by molar-refractivity contribution is -0.154. The third-order valence-corrected chi connectivity index (χ3v) is 3.29. The summed E-state index contributed by atoms with van der Waals surface area (Å²) in [6.07, 6.45) is -1.09. The van der Waals surface area contributed by atoms with Crippen LogP contribution in [0, 0.1) is 0 Å². The molecule has 0 aliphatic heterocycles. The van der Waals surface area contributed by atoms with E-state index in [2.05, 4.69) is 25.2 Å². The molecule has 26 heavy (non-hydrogen) atoms. The molecule has 0 aliphatic rings. The van der Waals surface area contributed by atoms with Crippen molar-refractivity contribution in [3.63, 3.8) is 0 Å². The summed E-state index contributed by atoms with van der Waals surface area (Å²) in [5, 5.41) is 6.46. The molecular weight excluding hydrogens is 353 g/mol. The van der Waals surface area contributed by atoms with Crippen LogP contribution in [0.5, 0.6) is 5.88 Å². The number of carbonyl (C=O) groups excluding carboxylic acids is 1. The van der Waals surface area contributed by atoms with E-state index >= 15 is 0 Å². The van der Waals surface area contributed by atoms with E-state index in [1.807, 2.05) is 6.92 Å². The van der Waals surface area contributed by atoms with Gasteiger partial charge < -0.3 is 14.6 Å². The number of pyridine rings is 1. The van der Waals surface area contributed by atoms with Gasteiger partial charge in [0.05, 0.1) is 0 Å². The summed E-state index contributed by atoms with van der Waals surface area (Å²) in [4.78, 5) is 19.7. The molecule has 0 aliphatic carbocycles. The Kier molecular flexibility index (Phi) is 6.93. The maximum Gasteiger partial charge on any atom is 0.422 e. The van der Waals surface area contributed by atoms with E-state index < -0.39 is 12.8 Å². The van der Waals surface area contributed by atoms with Crippen LogP contribution in [0.4, 0.5) is 13.2 Å². The molecule has 0 aromatic carbocycles. The topological polar surface area (TPSA) is 90.1 Å². The van der Waals surface area contributed by atoms with E-state index in [0.717, 1.165) is 0 Å². The molecule has 0 saturated heterocycles. The van der Waals surface area contributed by atoms with Crippen molar-refractivity contribution >= 4 is 5.91 Å². The van der Waals surface area contributed by atoms with Gasteiger partial charge in [-0.3, -0.25) is 4.79 Å². The predicted octanol–water partition coefficient (Wildman–Crippen LogP) is 2.61. The molecule has 0 fully saturated rings. The fourth-order valence-electron chi connectivity index (χ4n) is 2.02. The van der Waals surface area contributed by atoms with Crippen molar-refractivity contribution in [1.29, 1.82) is 0 Å². The van der Waals surface area contributed by atoms with Crippen molar-refractivity contribution in [2.75, 3.05) is 6.61 Å². The van der Waals surface area contributed by atoms with Crippen molar-refractivity contribution in [2.24, 2.45) is 0 Å². The minimum atomic E-state index is -4.43. The van der Waals surface area contributed by atoms with Gasteiger partial charge in [0.25, 0.3) is 0 Å². The van der Waals surface area contributed by atoms with Gasteiger partial charge in [0.15, 0.2) is 12.4 Å². The lowest BCUT2D eigenvalue weighted by Crippen LogP contribution is -2.23. The number of carbonyl (C=O) groups is 1. The minimum Gasteiger partial charge on any atom is -0.468 e. The number of nitrogens with zero attached hydrogens (tertiary/aromatic N) is 3. The summed E-state index contributed by atoms with van der Waals surface area (Å²) in [5.74, 6) is 0.799. The number of hydrogen-bond acceptors (Lipinski definition) is 6. The Morgan fingerprint density at radius 1 is 1.38 bits per heavy atom. The number of alkyl halides is 3. The zero-order chi connectivity index (χ0) is 19.0. The summed E-state index contributed by atoms with van der Waals surface area (Å²) in [6.45, 7) is 0.677. The zero-order valence-electron chi connectivity index (χ0n) is 14.2. The first-order valence-corrected chi connectivity index (χ1v) is 8.08. The average molecular weight is 372 g/mol. The second-order valence-corrected chi connectivity index (χ2v) is 5.49. The normalized spacial score (nSPS) is 11.4. The van der Waals surface area contributed by atoms with Gasteiger partial charge in [-0.25, -0.2) is 4.98 Å². The molecule has 2 rings (SSSR count). The first-order valence-electron chi connectivity index (χ1n) is 8.08. The van der Waals surface area contributed by atoms with Crippen molar-refractivity contribution in [3.8, 4) is 5.88 Å². The highest BCUT2D eigenvalue weighted by Gasteiger charge is 2.28. The standard InChI is InChI=1S/C16H19F3N4O3/c1-2-12-22-14(26-23-12)5-3-4-13(24)21-9-11-6-7-20-15(8-11)25-10-16(17,18)19/h6-8H,2-5,9-10H2,1H3,(H,21,24). The Balaban J connectivity index is 1.71. The highest BCUT2D eigenvalue weighted by molar-refractivity contribution is 5.75. The van der Waals surface area contributed by atoms with E-state index in [1.165, 1.54) is 12.3 Å². The summed E-state index contributed by atoms with van der Waals surface area (Å²) in [7, 11) is 0. The molecular formula is C16H19F3N4O3. The Bertz CT molecular complexity index is 719. The summed E-state index contributed by atoms with van der Waals surface area (Å²) < 4.78 is 46.0. The maximum absolute atomic E-state index is 12.1. The quantitative estimate of drug-likeness (QED) is 0.728. The third-order valence-electron chi connectivity index (χ3n) is 3.29. The van der Waals surface area contributed by atoms with E-state index in [4.69, 9.17) is 4.52 Å². The fraction of sp³-hybridized carbons (Fsp3) is 0.500. The van der Waals surface area contributed by atoms with Gasteiger partial charge in [-0.2, -0.15) is 18.2 Å². The Hall–Kier alpha value is -2.65. The number of rotatable bonds is 9. The average Bonchev–Trinajstić information content (AvgIpc) is 3.06. The molecule has 2 heterocycles.